The van der Waals surface area contributed by atoms with Crippen LogP contribution >= 0.6 is 0 Å². The lowest BCUT2D eigenvalue weighted by atomic mass is 9.96. The molecule has 0 radical (unpaired) electrons. The first-order chi connectivity index (χ1) is 7.65. The second kappa shape index (κ2) is 4.97. The van der Waals surface area contributed by atoms with Crippen molar-refractivity contribution in [2.24, 2.45) is 18.7 Å². The van der Waals surface area contributed by atoms with Crippen molar-refractivity contribution in [2.45, 2.75) is 25.8 Å². The minimum atomic E-state index is 0.357. The first-order valence-electron chi connectivity index (χ1n) is 6.10. The van der Waals surface area contributed by atoms with Crippen molar-refractivity contribution in [3.63, 3.8) is 0 Å². The molecule has 2 N–H and O–H groups in total. The SMILES string of the molecule is CC1CC(N)CN(CCc2ccnn2C)C1. The third-order valence-corrected chi connectivity index (χ3v) is 3.37. The molecule has 0 spiro atoms. The van der Waals surface area contributed by atoms with Crippen LogP contribution in [0.15, 0.2) is 12.3 Å². The number of nitrogens with two attached hydrogens (primary N) is 1. The molecule has 0 aliphatic carbocycles. The van der Waals surface area contributed by atoms with Crippen LogP contribution in [0.4, 0.5) is 0 Å². The zero-order chi connectivity index (χ0) is 11.5. The van der Waals surface area contributed by atoms with E-state index >= 15 is 0 Å². The van der Waals surface area contributed by atoms with Crippen molar-refractivity contribution in [1.82, 2.24) is 14.7 Å². The molecule has 1 aliphatic heterocycles. The molecule has 4 heteroatoms. The number of piperidine rings is 1. The number of aryl methyl sites for hydroxylation is 1. The Morgan fingerprint density at radius 2 is 2.31 bits per heavy atom. The molecule has 90 valence electrons. The van der Waals surface area contributed by atoms with Crippen molar-refractivity contribution in [3.05, 3.63) is 18.0 Å². The van der Waals surface area contributed by atoms with E-state index in [4.69, 9.17) is 5.73 Å². The maximum Gasteiger partial charge on any atom is 0.0492 e. The van der Waals surface area contributed by atoms with E-state index in [0.29, 0.717) is 6.04 Å². The second-order valence-electron chi connectivity index (χ2n) is 5.06. The molecule has 1 saturated heterocycles. The maximum absolute atomic E-state index is 6.04. The van der Waals surface area contributed by atoms with Gasteiger partial charge in [-0.3, -0.25) is 4.68 Å². The maximum atomic E-state index is 6.04. The highest BCUT2D eigenvalue weighted by molar-refractivity contribution is 5.00. The third kappa shape index (κ3) is 2.83. The average molecular weight is 222 g/mol. The molecular formula is C12H22N4. The highest BCUT2D eigenvalue weighted by Crippen LogP contribution is 2.15. The minimum absolute atomic E-state index is 0.357. The van der Waals surface area contributed by atoms with E-state index < -0.39 is 0 Å². The molecule has 0 bridgehead atoms. The molecular weight excluding hydrogens is 200 g/mol. The summed E-state index contributed by atoms with van der Waals surface area (Å²) in [5.41, 5.74) is 7.33. The Balaban J connectivity index is 1.84. The number of likely N-dealkylation sites (tertiary alicyclic amines) is 1. The Hall–Kier alpha value is -0.870. The molecule has 2 atom stereocenters. The van der Waals surface area contributed by atoms with Gasteiger partial charge < -0.3 is 10.6 Å². The predicted octanol–water partition coefficient (Wildman–Crippen LogP) is 0.632. The molecule has 1 aromatic rings. The Morgan fingerprint density at radius 3 is 2.94 bits per heavy atom. The third-order valence-electron chi connectivity index (χ3n) is 3.37. The van der Waals surface area contributed by atoms with Crippen LogP contribution in [0.5, 0.6) is 0 Å². The minimum Gasteiger partial charge on any atom is -0.327 e. The van der Waals surface area contributed by atoms with Gasteiger partial charge in [-0.05, 0) is 18.4 Å². The molecule has 1 aliphatic rings. The normalized spacial score (nSPS) is 27.2. The van der Waals surface area contributed by atoms with Gasteiger partial charge in [0, 0.05) is 51.0 Å². The smallest absolute Gasteiger partial charge is 0.0492 e. The molecule has 0 saturated carbocycles. The van der Waals surface area contributed by atoms with Crippen molar-refractivity contribution in [2.75, 3.05) is 19.6 Å². The molecule has 2 unspecified atom stereocenters. The number of aromatic nitrogens is 2. The van der Waals surface area contributed by atoms with Gasteiger partial charge in [0.15, 0.2) is 0 Å². The number of hydrogen-bond donors (Lipinski definition) is 1. The standard InChI is InChI=1S/C12H22N4/c1-10-7-11(13)9-16(8-10)6-4-12-3-5-14-15(12)2/h3,5,10-11H,4,6-9,13H2,1-2H3. The summed E-state index contributed by atoms with van der Waals surface area (Å²) in [6.45, 7) is 5.61. The van der Waals surface area contributed by atoms with Crippen molar-refractivity contribution in [1.29, 1.82) is 0 Å². The van der Waals surface area contributed by atoms with E-state index in [1.54, 1.807) is 0 Å². The van der Waals surface area contributed by atoms with Crippen LogP contribution in [0, 0.1) is 5.92 Å². The number of nitrogens with zero attached hydrogens (tertiary/aromatic N) is 3. The Morgan fingerprint density at radius 1 is 1.50 bits per heavy atom. The molecule has 2 rings (SSSR count). The van der Waals surface area contributed by atoms with E-state index in [2.05, 4.69) is 23.0 Å². The zero-order valence-electron chi connectivity index (χ0n) is 10.3. The topological polar surface area (TPSA) is 47.1 Å². The van der Waals surface area contributed by atoms with Gasteiger partial charge >= 0.3 is 0 Å². The quantitative estimate of drug-likeness (QED) is 0.816. The summed E-state index contributed by atoms with van der Waals surface area (Å²) in [6, 6.07) is 2.45. The summed E-state index contributed by atoms with van der Waals surface area (Å²) < 4.78 is 1.95. The van der Waals surface area contributed by atoms with E-state index in [0.717, 1.165) is 25.4 Å². The van der Waals surface area contributed by atoms with E-state index in [9.17, 15) is 0 Å². The van der Waals surface area contributed by atoms with Crippen LogP contribution in [-0.2, 0) is 13.5 Å². The monoisotopic (exact) mass is 222 g/mol. The Labute approximate surface area is 97.4 Å². The summed E-state index contributed by atoms with van der Waals surface area (Å²) >= 11 is 0. The molecule has 4 nitrogen and oxygen atoms in total. The highest BCUT2D eigenvalue weighted by Gasteiger charge is 2.21. The predicted molar refractivity (Wildman–Crippen MR) is 65.1 cm³/mol. The fourth-order valence-corrected chi connectivity index (χ4v) is 2.61. The molecule has 0 aromatic carbocycles. The lowest BCUT2D eigenvalue weighted by Crippen LogP contribution is -2.46. The van der Waals surface area contributed by atoms with Crippen LogP contribution in [0.3, 0.4) is 0 Å². The van der Waals surface area contributed by atoms with Crippen molar-refractivity contribution >= 4 is 0 Å². The fraction of sp³-hybridized carbons (Fsp3) is 0.750. The first kappa shape index (κ1) is 11.6. The van der Waals surface area contributed by atoms with Gasteiger partial charge in [-0.25, -0.2) is 0 Å². The molecule has 1 aromatic heterocycles. The second-order valence-corrected chi connectivity index (χ2v) is 5.06. The van der Waals surface area contributed by atoms with Gasteiger partial charge in [-0.1, -0.05) is 6.92 Å². The molecule has 2 heterocycles. The number of hydrogen-bond acceptors (Lipinski definition) is 3. The highest BCUT2D eigenvalue weighted by atomic mass is 15.3. The van der Waals surface area contributed by atoms with Gasteiger partial charge in [-0.15, -0.1) is 0 Å². The Bertz CT molecular complexity index is 324. The number of rotatable bonds is 3. The van der Waals surface area contributed by atoms with Crippen molar-refractivity contribution in [3.8, 4) is 0 Å². The largest absolute Gasteiger partial charge is 0.327 e. The zero-order valence-corrected chi connectivity index (χ0v) is 10.3. The van der Waals surface area contributed by atoms with Gasteiger partial charge in [0.05, 0.1) is 0 Å². The van der Waals surface area contributed by atoms with Crippen LogP contribution in [-0.4, -0.2) is 40.4 Å². The molecule has 1 fully saturated rings. The van der Waals surface area contributed by atoms with Gasteiger partial charge in [0.1, 0.15) is 0 Å². The molecule has 0 amide bonds. The average Bonchev–Trinajstić information content (AvgIpc) is 2.59. The first-order valence-corrected chi connectivity index (χ1v) is 6.10. The van der Waals surface area contributed by atoms with Crippen LogP contribution in [0.1, 0.15) is 19.0 Å². The summed E-state index contributed by atoms with van der Waals surface area (Å²) in [5.74, 6) is 0.732. The summed E-state index contributed by atoms with van der Waals surface area (Å²) in [6.07, 6.45) is 4.10. The molecule has 16 heavy (non-hydrogen) atoms. The van der Waals surface area contributed by atoms with Crippen LogP contribution < -0.4 is 5.73 Å². The lowest BCUT2D eigenvalue weighted by molar-refractivity contribution is 0.166. The lowest BCUT2D eigenvalue weighted by Gasteiger charge is -2.34. The Kier molecular flexibility index (Phi) is 3.61. The van der Waals surface area contributed by atoms with Crippen molar-refractivity contribution < 1.29 is 0 Å². The van der Waals surface area contributed by atoms with Crippen LogP contribution in [0.25, 0.3) is 0 Å². The van der Waals surface area contributed by atoms with Gasteiger partial charge in [0.2, 0.25) is 0 Å². The van der Waals surface area contributed by atoms with Crippen LogP contribution in [0.2, 0.25) is 0 Å². The summed E-state index contributed by atoms with van der Waals surface area (Å²) in [5, 5.41) is 4.18. The van der Waals surface area contributed by atoms with Gasteiger partial charge in [-0.2, -0.15) is 5.10 Å². The fourth-order valence-electron chi connectivity index (χ4n) is 2.61. The van der Waals surface area contributed by atoms with E-state index in [1.165, 1.54) is 18.7 Å². The van der Waals surface area contributed by atoms with Gasteiger partial charge in [0.25, 0.3) is 0 Å². The van der Waals surface area contributed by atoms with E-state index in [1.807, 2.05) is 17.9 Å². The summed E-state index contributed by atoms with van der Waals surface area (Å²) in [4.78, 5) is 2.48. The van der Waals surface area contributed by atoms with E-state index in [-0.39, 0.29) is 0 Å². The summed E-state index contributed by atoms with van der Waals surface area (Å²) in [7, 11) is 2.00.